The Labute approximate surface area is 124 Å². The van der Waals surface area contributed by atoms with Crippen molar-refractivity contribution in [2.75, 3.05) is 6.54 Å². The molecule has 1 aromatic rings. The van der Waals surface area contributed by atoms with Gasteiger partial charge in [0.05, 0.1) is 18.2 Å². The van der Waals surface area contributed by atoms with Crippen molar-refractivity contribution in [1.82, 2.24) is 15.2 Å². The van der Waals surface area contributed by atoms with Gasteiger partial charge in [0, 0.05) is 18.8 Å². The molecule has 1 aromatic heterocycles. The molecular formula is C15H21N3O3. The maximum atomic E-state index is 12.3. The van der Waals surface area contributed by atoms with E-state index >= 15 is 0 Å². The van der Waals surface area contributed by atoms with E-state index in [0.717, 1.165) is 12.1 Å². The Morgan fingerprint density at radius 1 is 1.43 bits per heavy atom. The Morgan fingerprint density at radius 2 is 2.24 bits per heavy atom. The largest absolute Gasteiger partial charge is 0.481 e. The van der Waals surface area contributed by atoms with Crippen molar-refractivity contribution in [3.05, 3.63) is 30.1 Å². The second-order valence-electron chi connectivity index (χ2n) is 5.33. The summed E-state index contributed by atoms with van der Waals surface area (Å²) in [6.07, 6.45) is 3.58. The van der Waals surface area contributed by atoms with Crippen LogP contribution in [0.5, 0.6) is 0 Å². The van der Waals surface area contributed by atoms with Crippen LogP contribution in [0.15, 0.2) is 24.4 Å². The number of carboxylic acid groups (broad SMARTS) is 1. The predicted octanol–water partition coefficient (Wildman–Crippen LogP) is 1.87. The van der Waals surface area contributed by atoms with Gasteiger partial charge in [-0.2, -0.15) is 0 Å². The Bertz CT molecular complexity index is 492. The van der Waals surface area contributed by atoms with E-state index in [1.807, 2.05) is 25.1 Å². The highest BCUT2D eigenvalue weighted by Gasteiger charge is 2.31. The molecule has 0 bridgehead atoms. The van der Waals surface area contributed by atoms with E-state index in [-0.39, 0.29) is 18.0 Å². The normalized spacial score (nSPS) is 21.0. The molecule has 0 radical (unpaired) electrons. The summed E-state index contributed by atoms with van der Waals surface area (Å²) in [4.78, 5) is 29.1. The zero-order chi connectivity index (χ0) is 15.2. The zero-order valence-electron chi connectivity index (χ0n) is 12.2. The van der Waals surface area contributed by atoms with Crippen molar-refractivity contribution < 1.29 is 14.7 Å². The molecule has 6 heteroatoms. The number of hydrogen-bond acceptors (Lipinski definition) is 3. The molecule has 1 aliphatic rings. The molecule has 1 heterocycles. The summed E-state index contributed by atoms with van der Waals surface area (Å²) < 4.78 is 0. The molecule has 6 nitrogen and oxygen atoms in total. The van der Waals surface area contributed by atoms with Gasteiger partial charge in [-0.3, -0.25) is 9.78 Å². The quantitative estimate of drug-likeness (QED) is 0.867. The Hall–Kier alpha value is -2.11. The first kappa shape index (κ1) is 15.3. The fourth-order valence-electron chi connectivity index (χ4n) is 2.62. The Balaban J connectivity index is 1.88. The fraction of sp³-hybridized carbons (Fsp3) is 0.533. The third-order valence-corrected chi connectivity index (χ3v) is 3.86. The van der Waals surface area contributed by atoms with Crippen LogP contribution in [0.4, 0.5) is 4.79 Å². The van der Waals surface area contributed by atoms with E-state index in [4.69, 9.17) is 5.11 Å². The topological polar surface area (TPSA) is 82.5 Å². The second kappa shape index (κ2) is 7.06. The minimum Gasteiger partial charge on any atom is -0.481 e. The average Bonchev–Trinajstić information content (AvgIpc) is 2.94. The predicted molar refractivity (Wildman–Crippen MR) is 77.6 cm³/mol. The van der Waals surface area contributed by atoms with Crippen molar-refractivity contribution >= 4 is 12.0 Å². The summed E-state index contributed by atoms with van der Waals surface area (Å²) in [5, 5.41) is 11.9. The molecule has 0 spiro atoms. The maximum Gasteiger partial charge on any atom is 0.317 e. The van der Waals surface area contributed by atoms with E-state index in [1.54, 1.807) is 11.1 Å². The number of pyridine rings is 1. The van der Waals surface area contributed by atoms with Gasteiger partial charge >= 0.3 is 12.0 Å². The number of hydrogen-bond donors (Lipinski definition) is 2. The third kappa shape index (κ3) is 4.18. The standard InChI is InChI=1S/C15H21N3O3/c1-2-18(10-13-5-3-4-8-16-13)15(21)17-12-7-6-11(9-12)14(19)20/h3-5,8,11-12H,2,6-7,9-10H2,1H3,(H,17,21)(H,19,20)/t11-,12+/m1/s1. The van der Waals surface area contributed by atoms with Gasteiger partial charge in [-0.25, -0.2) is 4.79 Å². The van der Waals surface area contributed by atoms with Gasteiger partial charge in [-0.05, 0) is 38.3 Å². The average molecular weight is 291 g/mol. The number of carbonyl (C=O) groups is 2. The number of aromatic nitrogens is 1. The Kier molecular flexibility index (Phi) is 5.14. The van der Waals surface area contributed by atoms with E-state index in [9.17, 15) is 9.59 Å². The molecule has 0 unspecified atom stereocenters. The van der Waals surface area contributed by atoms with E-state index in [1.165, 1.54) is 0 Å². The number of carbonyl (C=O) groups excluding carboxylic acids is 1. The molecule has 0 aliphatic heterocycles. The van der Waals surface area contributed by atoms with Crippen LogP contribution in [-0.4, -0.2) is 39.6 Å². The van der Waals surface area contributed by atoms with Crippen molar-refractivity contribution in [1.29, 1.82) is 0 Å². The highest BCUT2D eigenvalue weighted by molar-refractivity contribution is 5.75. The smallest absolute Gasteiger partial charge is 0.317 e. The summed E-state index contributed by atoms with van der Waals surface area (Å²) in [5.74, 6) is -1.10. The summed E-state index contributed by atoms with van der Waals surface area (Å²) >= 11 is 0. The highest BCUT2D eigenvalue weighted by atomic mass is 16.4. The summed E-state index contributed by atoms with van der Waals surface area (Å²) in [7, 11) is 0. The van der Waals surface area contributed by atoms with Crippen molar-refractivity contribution in [3.8, 4) is 0 Å². The van der Waals surface area contributed by atoms with E-state index < -0.39 is 5.97 Å². The lowest BCUT2D eigenvalue weighted by atomic mass is 10.1. The molecule has 114 valence electrons. The molecule has 0 aromatic carbocycles. The lowest BCUT2D eigenvalue weighted by Crippen LogP contribution is -2.43. The molecule has 21 heavy (non-hydrogen) atoms. The summed E-state index contributed by atoms with van der Waals surface area (Å²) in [6.45, 7) is 2.95. The van der Waals surface area contributed by atoms with Crippen LogP contribution in [0.1, 0.15) is 31.9 Å². The van der Waals surface area contributed by atoms with Crippen LogP contribution in [0.3, 0.4) is 0 Å². The van der Waals surface area contributed by atoms with Gasteiger partial charge in [-0.1, -0.05) is 6.07 Å². The van der Waals surface area contributed by atoms with Crippen LogP contribution in [-0.2, 0) is 11.3 Å². The number of rotatable bonds is 5. The SMILES string of the molecule is CCN(Cc1ccccn1)C(=O)N[C@H]1CC[C@@H](C(=O)O)C1. The van der Waals surface area contributed by atoms with E-state index in [0.29, 0.717) is 25.9 Å². The van der Waals surface area contributed by atoms with Crippen molar-refractivity contribution in [2.24, 2.45) is 5.92 Å². The Morgan fingerprint density at radius 3 is 2.81 bits per heavy atom. The molecule has 2 rings (SSSR count). The highest BCUT2D eigenvalue weighted by Crippen LogP contribution is 2.25. The summed E-state index contributed by atoms with van der Waals surface area (Å²) in [5.41, 5.74) is 0.837. The lowest BCUT2D eigenvalue weighted by molar-refractivity contribution is -0.141. The maximum absolute atomic E-state index is 12.3. The van der Waals surface area contributed by atoms with Crippen molar-refractivity contribution in [2.45, 2.75) is 38.8 Å². The fourth-order valence-corrected chi connectivity index (χ4v) is 2.62. The van der Waals surface area contributed by atoms with Gasteiger partial charge in [0.2, 0.25) is 0 Å². The van der Waals surface area contributed by atoms with Gasteiger partial charge in [0.1, 0.15) is 0 Å². The van der Waals surface area contributed by atoms with Gasteiger partial charge in [-0.15, -0.1) is 0 Å². The van der Waals surface area contributed by atoms with Gasteiger partial charge < -0.3 is 15.3 Å². The number of nitrogens with one attached hydrogen (secondary N) is 1. The number of amides is 2. The molecule has 2 amide bonds. The minimum absolute atomic E-state index is 0.0450. The molecule has 2 N–H and O–H groups in total. The number of aliphatic carboxylic acids is 1. The first-order chi connectivity index (χ1) is 10.1. The van der Waals surface area contributed by atoms with Crippen LogP contribution in [0.25, 0.3) is 0 Å². The van der Waals surface area contributed by atoms with Crippen LogP contribution < -0.4 is 5.32 Å². The molecule has 2 atom stereocenters. The number of urea groups is 1. The van der Waals surface area contributed by atoms with Gasteiger partial charge in [0.15, 0.2) is 0 Å². The molecule has 1 saturated carbocycles. The van der Waals surface area contributed by atoms with Crippen LogP contribution in [0, 0.1) is 5.92 Å². The molecule has 0 saturated heterocycles. The molecule has 1 aliphatic carbocycles. The van der Waals surface area contributed by atoms with Crippen molar-refractivity contribution in [3.63, 3.8) is 0 Å². The summed E-state index contributed by atoms with van der Waals surface area (Å²) in [6, 6.07) is 5.41. The molecular weight excluding hydrogens is 270 g/mol. The van der Waals surface area contributed by atoms with Crippen LogP contribution in [0.2, 0.25) is 0 Å². The zero-order valence-corrected chi connectivity index (χ0v) is 12.2. The van der Waals surface area contributed by atoms with Crippen LogP contribution >= 0.6 is 0 Å². The first-order valence-electron chi connectivity index (χ1n) is 7.28. The minimum atomic E-state index is -0.771. The first-order valence-corrected chi connectivity index (χ1v) is 7.28. The number of nitrogens with zero attached hydrogens (tertiary/aromatic N) is 2. The van der Waals surface area contributed by atoms with E-state index in [2.05, 4.69) is 10.3 Å². The monoisotopic (exact) mass is 291 g/mol. The second-order valence-corrected chi connectivity index (χ2v) is 5.33. The lowest BCUT2D eigenvalue weighted by Gasteiger charge is -2.23. The van der Waals surface area contributed by atoms with Gasteiger partial charge in [0.25, 0.3) is 0 Å². The number of carboxylic acids is 1. The molecule has 1 fully saturated rings. The third-order valence-electron chi connectivity index (χ3n) is 3.86.